The molecule has 0 fully saturated rings. The molecule has 2 N–H and O–H groups in total. The Morgan fingerprint density at radius 1 is 1.10 bits per heavy atom. The zero-order valence-corrected chi connectivity index (χ0v) is 15.8. The molecular formula is C19H16F6N2O4. The predicted molar refractivity (Wildman–Crippen MR) is 97.2 cm³/mol. The Kier molecular flexibility index (Phi) is 6.64. The van der Waals surface area contributed by atoms with Crippen molar-refractivity contribution < 1.29 is 41.2 Å². The first-order chi connectivity index (χ1) is 14.2. The average molecular weight is 450 g/mol. The zero-order chi connectivity index (χ0) is 23.6. The number of hydrogen-bond acceptors (Lipinski definition) is 4. The summed E-state index contributed by atoms with van der Waals surface area (Å²) in [4.78, 5) is 21.8. The molecular weight excluding hydrogens is 434 g/mol. The van der Waals surface area contributed by atoms with Crippen molar-refractivity contribution in [2.75, 3.05) is 5.32 Å². The quantitative estimate of drug-likeness (QED) is 0.367. The van der Waals surface area contributed by atoms with Crippen LogP contribution in [0, 0.1) is 10.1 Å². The summed E-state index contributed by atoms with van der Waals surface area (Å²) in [5, 5.41) is 22.6. The third-order valence-corrected chi connectivity index (χ3v) is 4.57. The van der Waals surface area contributed by atoms with Crippen LogP contribution >= 0.6 is 0 Å². The number of amides is 1. The molecule has 0 saturated carbocycles. The lowest BCUT2D eigenvalue weighted by molar-refractivity contribution is -0.388. The summed E-state index contributed by atoms with van der Waals surface area (Å²) in [6.07, 6.45) is -11.8. The van der Waals surface area contributed by atoms with Gasteiger partial charge in [0.15, 0.2) is 0 Å². The van der Waals surface area contributed by atoms with E-state index >= 15 is 0 Å². The van der Waals surface area contributed by atoms with Gasteiger partial charge in [0.25, 0.3) is 11.6 Å². The van der Waals surface area contributed by atoms with Crippen LogP contribution in [0.25, 0.3) is 0 Å². The number of halogens is 6. The van der Waals surface area contributed by atoms with E-state index in [1.165, 1.54) is 19.1 Å². The van der Waals surface area contributed by atoms with Crippen LogP contribution in [0.3, 0.4) is 0 Å². The Labute approximate surface area is 171 Å². The highest BCUT2D eigenvalue weighted by atomic mass is 19.4. The van der Waals surface area contributed by atoms with Crippen molar-refractivity contribution in [3.63, 3.8) is 0 Å². The van der Waals surface area contributed by atoms with Gasteiger partial charge in [-0.15, -0.1) is 0 Å². The van der Waals surface area contributed by atoms with Crippen LogP contribution in [-0.4, -0.2) is 27.7 Å². The lowest BCUT2D eigenvalue weighted by atomic mass is 9.85. The minimum atomic E-state index is -5.45. The van der Waals surface area contributed by atoms with Crippen molar-refractivity contribution in [2.24, 2.45) is 0 Å². The van der Waals surface area contributed by atoms with Gasteiger partial charge >= 0.3 is 12.4 Å². The van der Waals surface area contributed by atoms with Crippen molar-refractivity contribution in [1.82, 2.24) is 0 Å². The topological polar surface area (TPSA) is 92.5 Å². The molecule has 0 aliphatic heterocycles. The normalized spacial score (nSPS) is 15.1. The second-order valence-electron chi connectivity index (χ2n) is 6.81. The second-order valence-corrected chi connectivity index (χ2v) is 6.81. The number of benzene rings is 2. The van der Waals surface area contributed by atoms with Crippen molar-refractivity contribution in [3.05, 3.63) is 69.8 Å². The molecule has 0 aliphatic rings. The Morgan fingerprint density at radius 3 is 2.16 bits per heavy atom. The van der Waals surface area contributed by atoms with Crippen LogP contribution in [0.1, 0.15) is 30.4 Å². The zero-order valence-electron chi connectivity index (χ0n) is 15.8. The minimum absolute atomic E-state index is 0.132. The summed E-state index contributed by atoms with van der Waals surface area (Å²) in [7, 11) is 0. The maximum atomic E-state index is 13.6. The molecule has 0 bridgehead atoms. The van der Waals surface area contributed by atoms with Gasteiger partial charge in [0.05, 0.1) is 4.92 Å². The lowest BCUT2D eigenvalue weighted by Crippen LogP contribution is -2.55. The summed E-state index contributed by atoms with van der Waals surface area (Å²) in [6, 6.07) is 8.87. The molecule has 0 radical (unpaired) electrons. The number of carbonyl (C=O) groups excluding carboxylic acids is 1. The van der Waals surface area contributed by atoms with Gasteiger partial charge in [0.1, 0.15) is 5.56 Å². The maximum Gasteiger partial charge on any atom is 0.426 e. The largest absolute Gasteiger partial charge is 0.426 e. The molecule has 0 heterocycles. The number of nitro groups is 1. The fourth-order valence-electron chi connectivity index (χ4n) is 2.91. The molecule has 168 valence electrons. The van der Waals surface area contributed by atoms with Crippen LogP contribution in [-0.2, 0) is 11.0 Å². The number of rotatable bonds is 6. The van der Waals surface area contributed by atoms with Crippen molar-refractivity contribution >= 4 is 17.3 Å². The standard InChI is InChI=1S/C19H16F6N2O4/c1-11(12-5-3-2-4-6-12)10-17(29,19(23,24)25)16(28)26-13-7-8-15(27(30)31)14(9-13)18(20,21)22/h2-9,11,29H,10H2,1H3,(H,26,28)/t11-,17+/m0/s1. The summed E-state index contributed by atoms with van der Waals surface area (Å²) in [6.45, 7) is 1.34. The monoisotopic (exact) mass is 450 g/mol. The molecule has 6 nitrogen and oxygen atoms in total. The Balaban J connectivity index is 2.38. The number of alkyl halides is 6. The van der Waals surface area contributed by atoms with Crippen molar-refractivity contribution in [2.45, 2.75) is 37.2 Å². The van der Waals surface area contributed by atoms with Crippen LogP contribution in [0.15, 0.2) is 48.5 Å². The van der Waals surface area contributed by atoms with Gasteiger partial charge in [-0.3, -0.25) is 14.9 Å². The van der Waals surface area contributed by atoms with E-state index in [2.05, 4.69) is 0 Å². The molecule has 2 rings (SSSR count). The van der Waals surface area contributed by atoms with E-state index in [9.17, 15) is 46.4 Å². The summed E-state index contributed by atoms with van der Waals surface area (Å²) in [5.41, 5.74) is -7.42. The third-order valence-electron chi connectivity index (χ3n) is 4.57. The molecule has 31 heavy (non-hydrogen) atoms. The Bertz CT molecular complexity index is 962. The molecule has 2 aromatic carbocycles. The first-order valence-electron chi connectivity index (χ1n) is 8.68. The first-order valence-corrected chi connectivity index (χ1v) is 8.68. The SMILES string of the molecule is C[C@@H](C[C@@](O)(C(=O)Nc1ccc([N+](=O)[O-])c(C(F)(F)F)c1)C(F)(F)F)c1ccccc1. The van der Waals surface area contributed by atoms with E-state index in [1.54, 1.807) is 23.5 Å². The first kappa shape index (κ1) is 24.1. The van der Waals surface area contributed by atoms with Gasteiger partial charge in [-0.05, 0) is 23.6 Å². The van der Waals surface area contributed by atoms with Crippen molar-refractivity contribution in [1.29, 1.82) is 0 Å². The highest BCUT2D eigenvalue weighted by Crippen LogP contribution is 2.40. The molecule has 0 aliphatic carbocycles. The Morgan fingerprint density at radius 2 is 1.68 bits per heavy atom. The summed E-state index contributed by atoms with van der Waals surface area (Å²) < 4.78 is 80.0. The van der Waals surface area contributed by atoms with Crippen molar-refractivity contribution in [3.8, 4) is 0 Å². The lowest BCUT2D eigenvalue weighted by Gasteiger charge is -2.31. The summed E-state index contributed by atoms with van der Waals surface area (Å²) in [5.74, 6) is -2.95. The molecule has 2 aromatic rings. The molecule has 2 atom stereocenters. The van der Waals surface area contributed by atoms with E-state index in [4.69, 9.17) is 0 Å². The minimum Gasteiger partial charge on any atom is -0.373 e. The number of aliphatic hydroxyl groups is 1. The van der Waals surface area contributed by atoms with Gasteiger partial charge in [-0.1, -0.05) is 37.3 Å². The average Bonchev–Trinajstić information content (AvgIpc) is 2.66. The number of anilines is 1. The third kappa shape index (κ3) is 5.32. The summed E-state index contributed by atoms with van der Waals surface area (Å²) >= 11 is 0. The van der Waals surface area contributed by atoms with Crippen LogP contribution in [0.4, 0.5) is 37.7 Å². The molecule has 0 saturated heterocycles. The number of hydrogen-bond donors (Lipinski definition) is 2. The van der Waals surface area contributed by atoms with Gasteiger partial charge in [-0.25, -0.2) is 0 Å². The second kappa shape index (κ2) is 8.53. The van der Waals surface area contributed by atoms with Gasteiger partial charge in [0, 0.05) is 18.2 Å². The van der Waals surface area contributed by atoms with Crippen LogP contribution in [0.5, 0.6) is 0 Å². The molecule has 0 spiro atoms. The molecule has 0 aromatic heterocycles. The molecule has 12 heteroatoms. The highest BCUT2D eigenvalue weighted by Gasteiger charge is 2.60. The van der Waals surface area contributed by atoms with Crippen LogP contribution in [0.2, 0.25) is 0 Å². The van der Waals surface area contributed by atoms with E-state index in [1.807, 2.05) is 0 Å². The van der Waals surface area contributed by atoms with E-state index < -0.39 is 58.1 Å². The van der Waals surface area contributed by atoms with E-state index in [0.29, 0.717) is 17.7 Å². The molecule has 0 unspecified atom stereocenters. The van der Waals surface area contributed by atoms with Crippen LogP contribution < -0.4 is 5.32 Å². The number of nitrogens with one attached hydrogen (secondary N) is 1. The molecule has 1 amide bonds. The number of nitrogens with zero attached hydrogens (tertiary/aromatic N) is 1. The van der Waals surface area contributed by atoms with E-state index in [0.717, 1.165) is 0 Å². The fraction of sp³-hybridized carbons (Fsp3) is 0.316. The smallest absolute Gasteiger partial charge is 0.373 e. The van der Waals surface area contributed by atoms with Gasteiger partial charge < -0.3 is 10.4 Å². The predicted octanol–water partition coefficient (Wildman–Crippen LogP) is 5.04. The fourth-order valence-corrected chi connectivity index (χ4v) is 2.91. The van der Waals surface area contributed by atoms with Gasteiger partial charge in [-0.2, -0.15) is 26.3 Å². The number of nitro benzene ring substituents is 1. The number of carbonyl (C=O) groups is 1. The Hall–Kier alpha value is -3.15. The highest BCUT2D eigenvalue weighted by molar-refractivity contribution is 5.98. The van der Waals surface area contributed by atoms with Gasteiger partial charge in [0.2, 0.25) is 5.60 Å². The maximum absolute atomic E-state index is 13.6. The van der Waals surface area contributed by atoms with E-state index in [-0.39, 0.29) is 6.07 Å².